The van der Waals surface area contributed by atoms with Gasteiger partial charge in [0.15, 0.2) is 5.78 Å². The fourth-order valence-corrected chi connectivity index (χ4v) is 4.56. The number of allylic oxidation sites excluding steroid dienone is 1. The zero-order valence-electron chi connectivity index (χ0n) is 21.7. The van der Waals surface area contributed by atoms with Crippen molar-refractivity contribution in [2.45, 2.75) is 13.8 Å². The smallest absolute Gasteiger partial charge is 0.221 e. The molecule has 6 rings (SSSR count). The van der Waals surface area contributed by atoms with E-state index in [1.54, 1.807) is 30.6 Å². The Bertz CT molecular complexity index is 2110. The number of Topliss-reactive ketones (excluding diaryl/α,β-unsaturated/α-hetero) is 1. The summed E-state index contributed by atoms with van der Waals surface area (Å²) in [6.45, 7) is 2.87. The molecular formula is C28H24N8O4. The van der Waals surface area contributed by atoms with E-state index in [1.807, 2.05) is 0 Å². The Morgan fingerprint density at radius 3 is 2.17 bits per heavy atom. The second-order valence-corrected chi connectivity index (χ2v) is 9.12. The number of hydrogen-bond acceptors (Lipinski definition) is 9. The predicted molar refractivity (Wildman–Crippen MR) is 150 cm³/mol. The Balaban J connectivity index is 0.000000168. The Hall–Kier alpha value is -5.65. The van der Waals surface area contributed by atoms with E-state index in [4.69, 9.17) is 21.3 Å². The summed E-state index contributed by atoms with van der Waals surface area (Å²) in [4.78, 5) is 49.4. The second-order valence-electron chi connectivity index (χ2n) is 9.12. The van der Waals surface area contributed by atoms with E-state index in [2.05, 4.69) is 25.3 Å². The molecule has 4 heterocycles. The number of carbonyl (C=O) groups is 3. The van der Waals surface area contributed by atoms with Crippen molar-refractivity contribution in [2.24, 2.45) is 0 Å². The number of H-pyrrole nitrogens is 2. The summed E-state index contributed by atoms with van der Waals surface area (Å²) in [6, 6.07) is 6.47. The minimum atomic E-state index is -0.268. The Morgan fingerprint density at radius 1 is 0.900 bits per heavy atom. The topological polar surface area (TPSA) is 204 Å². The summed E-state index contributed by atoms with van der Waals surface area (Å²) in [5.74, 6) is -0.596. The van der Waals surface area contributed by atoms with Gasteiger partial charge in [-0.25, -0.2) is 0 Å². The molecule has 0 bridgehead atoms. The van der Waals surface area contributed by atoms with Crippen molar-refractivity contribution in [3.05, 3.63) is 71.1 Å². The number of amides is 1. The van der Waals surface area contributed by atoms with Crippen molar-refractivity contribution < 1.29 is 19.1 Å². The van der Waals surface area contributed by atoms with Gasteiger partial charge in [-0.1, -0.05) is 0 Å². The number of ether oxygens (including phenoxy) is 1. The van der Waals surface area contributed by atoms with Gasteiger partial charge in [0.1, 0.15) is 0 Å². The maximum absolute atomic E-state index is 12.2. The SMILES string of the molecule is CC(=O)c1cc2cnc3c(N)cc(=N)c([nH]1)c23.CO/C=C/C(=O)c1cc2cnc3c(=N)cc(NC(C)=O)c([nH]1)c23. The van der Waals surface area contributed by atoms with Crippen LogP contribution in [0.1, 0.15) is 34.8 Å². The minimum absolute atomic E-state index is 0.0683. The summed E-state index contributed by atoms with van der Waals surface area (Å²) >= 11 is 0. The number of carbonyl (C=O) groups excluding carboxylic acids is 3. The zero-order valence-corrected chi connectivity index (χ0v) is 21.7. The maximum atomic E-state index is 12.2. The first-order valence-corrected chi connectivity index (χ1v) is 12.0. The van der Waals surface area contributed by atoms with E-state index >= 15 is 0 Å². The number of methoxy groups -OCH3 is 1. The van der Waals surface area contributed by atoms with Crippen LogP contribution in [0.2, 0.25) is 0 Å². The predicted octanol–water partition coefficient (Wildman–Crippen LogP) is 3.35. The van der Waals surface area contributed by atoms with Crippen LogP contribution in [0.15, 0.2) is 49.0 Å². The van der Waals surface area contributed by atoms with E-state index in [1.165, 1.54) is 39.4 Å². The number of aromatic amines is 2. The van der Waals surface area contributed by atoms with Gasteiger partial charge in [0, 0.05) is 53.9 Å². The molecule has 12 heteroatoms. The second kappa shape index (κ2) is 9.91. The number of nitrogen functional groups attached to an aromatic ring is 1. The van der Waals surface area contributed by atoms with E-state index in [-0.39, 0.29) is 28.2 Å². The van der Waals surface area contributed by atoms with Gasteiger partial charge in [0.2, 0.25) is 11.7 Å². The average molecular weight is 537 g/mol. The molecule has 0 unspecified atom stereocenters. The minimum Gasteiger partial charge on any atom is -0.504 e. The number of benzene rings is 2. The highest BCUT2D eigenvalue weighted by atomic mass is 16.5. The summed E-state index contributed by atoms with van der Waals surface area (Å²) < 4.78 is 4.76. The number of nitrogens with one attached hydrogen (secondary N) is 5. The third-order valence-corrected chi connectivity index (χ3v) is 6.30. The molecule has 6 aromatic rings. The largest absolute Gasteiger partial charge is 0.504 e. The molecule has 0 aliphatic rings. The lowest BCUT2D eigenvalue weighted by atomic mass is 10.1. The number of nitrogens with two attached hydrogens (primary N) is 1. The molecule has 12 nitrogen and oxygen atoms in total. The third kappa shape index (κ3) is 4.47. The normalized spacial score (nSPS) is 11.4. The third-order valence-electron chi connectivity index (χ3n) is 6.30. The molecule has 0 atom stereocenters. The monoisotopic (exact) mass is 536 g/mol. The van der Waals surface area contributed by atoms with Crippen molar-refractivity contribution in [3.8, 4) is 0 Å². The van der Waals surface area contributed by atoms with Crippen LogP contribution in [0.4, 0.5) is 11.4 Å². The highest BCUT2D eigenvalue weighted by Gasteiger charge is 2.16. The van der Waals surface area contributed by atoms with Crippen LogP contribution in [0.25, 0.3) is 43.6 Å². The van der Waals surface area contributed by atoms with Gasteiger partial charge in [0.25, 0.3) is 0 Å². The molecule has 1 amide bonds. The van der Waals surface area contributed by atoms with Crippen LogP contribution in [0.3, 0.4) is 0 Å². The van der Waals surface area contributed by atoms with Gasteiger partial charge < -0.3 is 25.8 Å². The fraction of sp³-hybridized carbons (Fsp3) is 0.107. The van der Waals surface area contributed by atoms with Crippen LogP contribution in [0.5, 0.6) is 0 Å². The molecule has 0 saturated carbocycles. The van der Waals surface area contributed by atoms with Gasteiger partial charge in [-0.3, -0.25) is 35.2 Å². The highest BCUT2D eigenvalue weighted by molar-refractivity contribution is 6.16. The van der Waals surface area contributed by atoms with E-state index in [0.29, 0.717) is 50.2 Å². The van der Waals surface area contributed by atoms with E-state index < -0.39 is 0 Å². The Labute approximate surface area is 225 Å². The fourth-order valence-electron chi connectivity index (χ4n) is 4.56. The molecule has 2 aromatic carbocycles. The Kier molecular flexibility index (Phi) is 6.43. The van der Waals surface area contributed by atoms with Gasteiger partial charge >= 0.3 is 0 Å². The van der Waals surface area contributed by atoms with Crippen molar-refractivity contribution in [2.75, 3.05) is 18.2 Å². The lowest BCUT2D eigenvalue weighted by molar-refractivity contribution is -0.114. The van der Waals surface area contributed by atoms with Crippen LogP contribution in [-0.2, 0) is 9.53 Å². The first kappa shape index (κ1) is 26.0. The summed E-state index contributed by atoms with van der Waals surface area (Å²) in [6.07, 6.45) is 5.88. The van der Waals surface area contributed by atoms with Gasteiger partial charge in [0.05, 0.1) is 68.9 Å². The molecule has 4 aromatic heterocycles. The first-order chi connectivity index (χ1) is 19.1. The van der Waals surface area contributed by atoms with Gasteiger partial charge in [-0.15, -0.1) is 0 Å². The first-order valence-electron chi connectivity index (χ1n) is 12.0. The Morgan fingerprint density at radius 2 is 1.52 bits per heavy atom. The standard InChI is InChI=1S/C16H14N4O3.C12H10N4O/c1-8(21)19-12-6-10(17)15-14-9(7-18-15)5-11(20-16(12)14)13(22)3-4-23-2;1-5(17)9-2-6-4-15-11-7(13)3-8(14)12(16-9)10(6)11/h3-7,17,20H,1-2H3,(H,19,21);2-4,14,16H,13H2,1H3/b4-3+,17-10?;. The van der Waals surface area contributed by atoms with Crippen LogP contribution < -0.4 is 21.8 Å². The number of hydrogen-bond donors (Lipinski definition) is 6. The van der Waals surface area contributed by atoms with Gasteiger partial charge in [-0.2, -0.15) is 0 Å². The number of pyridine rings is 2. The number of aromatic nitrogens is 4. The molecule has 40 heavy (non-hydrogen) atoms. The quantitative estimate of drug-likeness (QED) is 0.0838. The average Bonchev–Trinajstić information content (AvgIpc) is 3.54. The van der Waals surface area contributed by atoms with Crippen LogP contribution >= 0.6 is 0 Å². The molecule has 0 fully saturated rings. The number of anilines is 2. The van der Waals surface area contributed by atoms with Crippen molar-refractivity contribution in [1.29, 1.82) is 10.8 Å². The van der Waals surface area contributed by atoms with Crippen molar-refractivity contribution in [3.63, 3.8) is 0 Å². The lowest BCUT2D eigenvalue weighted by Gasteiger charge is -2.09. The van der Waals surface area contributed by atoms with Crippen LogP contribution in [0, 0.1) is 10.8 Å². The molecule has 200 valence electrons. The number of ketones is 2. The summed E-state index contributed by atoms with van der Waals surface area (Å²) in [5, 5.41) is 22.2. The van der Waals surface area contributed by atoms with Crippen LogP contribution in [-0.4, -0.2) is 44.5 Å². The molecular weight excluding hydrogens is 512 g/mol. The summed E-state index contributed by atoms with van der Waals surface area (Å²) in [5.41, 5.74) is 9.93. The molecule has 0 saturated heterocycles. The molecule has 0 aliphatic carbocycles. The van der Waals surface area contributed by atoms with E-state index in [9.17, 15) is 14.4 Å². The highest BCUT2D eigenvalue weighted by Crippen LogP contribution is 2.29. The molecule has 0 spiro atoms. The lowest BCUT2D eigenvalue weighted by Crippen LogP contribution is -2.11. The van der Waals surface area contributed by atoms with E-state index in [0.717, 1.165) is 16.2 Å². The molecule has 0 aliphatic heterocycles. The number of nitrogens with zero attached hydrogens (tertiary/aromatic N) is 2. The van der Waals surface area contributed by atoms with Crippen molar-refractivity contribution >= 4 is 72.5 Å². The number of rotatable bonds is 5. The maximum Gasteiger partial charge on any atom is 0.221 e. The summed E-state index contributed by atoms with van der Waals surface area (Å²) in [7, 11) is 1.46. The van der Waals surface area contributed by atoms with Crippen molar-refractivity contribution in [1.82, 2.24) is 19.9 Å². The molecule has 7 N–H and O–H groups in total. The zero-order chi connectivity index (χ0) is 28.7. The molecule has 0 radical (unpaired) electrons. The van der Waals surface area contributed by atoms with Gasteiger partial charge in [-0.05, 0) is 24.3 Å².